The highest BCUT2D eigenvalue weighted by molar-refractivity contribution is 5.80. The highest BCUT2D eigenvalue weighted by Crippen LogP contribution is 2.19. The zero-order chi connectivity index (χ0) is 11.2. The van der Waals surface area contributed by atoms with Crippen molar-refractivity contribution in [3.05, 3.63) is 29.8 Å². The Morgan fingerprint density at radius 2 is 1.81 bits per heavy atom. The standard InChI is InChI=1S/C13H19N3/c1-14-15-11-12-5-7-13(8-6-12)16-9-3-2-4-10-16/h5-8,11,14H,2-4,9-10H2,1H3. The first kappa shape index (κ1) is 11.0. The van der Waals surface area contributed by atoms with Crippen LogP contribution in [0.4, 0.5) is 5.69 Å². The number of hydrazone groups is 1. The quantitative estimate of drug-likeness (QED) is 0.621. The monoisotopic (exact) mass is 217 g/mol. The molecule has 2 rings (SSSR count). The molecule has 1 N–H and O–H groups in total. The molecule has 0 atom stereocenters. The van der Waals surface area contributed by atoms with Crippen LogP contribution in [-0.2, 0) is 0 Å². The molecule has 0 aliphatic carbocycles. The zero-order valence-electron chi connectivity index (χ0n) is 9.82. The van der Waals surface area contributed by atoms with E-state index in [1.54, 1.807) is 7.05 Å². The molecule has 1 aromatic rings. The summed E-state index contributed by atoms with van der Waals surface area (Å²) in [6, 6.07) is 8.60. The van der Waals surface area contributed by atoms with Crippen molar-refractivity contribution in [1.82, 2.24) is 5.43 Å². The minimum atomic E-state index is 1.13. The number of anilines is 1. The molecule has 0 aromatic heterocycles. The van der Waals surface area contributed by atoms with Crippen LogP contribution < -0.4 is 10.3 Å². The lowest BCUT2D eigenvalue weighted by Crippen LogP contribution is -2.29. The van der Waals surface area contributed by atoms with Crippen LogP contribution >= 0.6 is 0 Å². The lowest BCUT2D eigenvalue weighted by Gasteiger charge is -2.28. The van der Waals surface area contributed by atoms with E-state index < -0.39 is 0 Å². The Balaban J connectivity index is 2.03. The maximum Gasteiger partial charge on any atom is 0.0540 e. The Hall–Kier alpha value is -1.51. The molecule has 0 radical (unpaired) electrons. The average Bonchev–Trinajstić information content (AvgIpc) is 2.38. The third kappa shape index (κ3) is 2.75. The van der Waals surface area contributed by atoms with Crippen LogP contribution in [0.15, 0.2) is 29.4 Å². The molecular formula is C13H19N3. The van der Waals surface area contributed by atoms with Gasteiger partial charge in [0, 0.05) is 25.8 Å². The van der Waals surface area contributed by atoms with Gasteiger partial charge in [0.2, 0.25) is 0 Å². The number of hydrogen-bond donors (Lipinski definition) is 1. The summed E-state index contributed by atoms with van der Waals surface area (Å²) in [5, 5.41) is 4.00. The van der Waals surface area contributed by atoms with E-state index in [-0.39, 0.29) is 0 Å². The van der Waals surface area contributed by atoms with Crippen LogP contribution in [0.25, 0.3) is 0 Å². The van der Waals surface area contributed by atoms with Crippen molar-refractivity contribution < 1.29 is 0 Å². The lowest BCUT2D eigenvalue weighted by molar-refractivity contribution is 0.578. The second-order valence-electron chi connectivity index (χ2n) is 4.12. The molecule has 0 bridgehead atoms. The van der Waals surface area contributed by atoms with Gasteiger partial charge < -0.3 is 10.3 Å². The summed E-state index contributed by atoms with van der Waals surface area (Å²) in [7, 11) is 1.80. The Bertz CT molecular complexity index is 337. The van der Waals surface area contributed by atoms with Crippen molar-refractivity contribution in [2.45, 2.75) is 19.3 Å². The van der Waals surface area contributed by atoms with E-state index in [0.717, 1.165) is 5.56 Å². The highest BCUT2D eigenvalue weighted by Gasteiger charge is 2.09. The molecule has 1 heterocycles. The minimum absolute atomic E-state index is 1.13. The number of nitrogens with one attached hydrogen (secondary N) is 1. The van der Waals surface area contributed by atoms with Gasteiger partial charge in [0.1, 0.15) is 0 Å². The van der Waals surface area contributed by atoms with Crippen molar-refractivity contribution in [3.63, 3.8) is 0 Å². The first-order valence-electron chi connectivity index (χ1n) is 5.95. The zero-order valence-corrected chi connectivity index (χ0v) is 9.82. The molecule has 0 saturated carbocycles. The predicted molar refractivity (Wildman–Crippen MR) is 69.2 cm³/mol. The summed E-state index contributed by atoms with van der Waals surface area (Å²) in [6.07, 6.45) is 5.86. The SMILES string of the molecule is CNN=Cc1ccc(N2CCCCC2)cc1. The molecule has 3 heteroatoms. The number of benzene rings is 1. The van der Waals surface area contributed by atoms with Gasteiger partial charge in [-0.15, -0.1) is 0 Å². The summed E-state index contributed by atoms with van der Waals surface area (Å²) < 4.78 is 0. The van der Waals surface area contributed by atoms with E-state index in [1.165, 1.54) is 38.0 Å². The Morgan fingerprint density at radius 3 is 2.44 bits per heavy atom. The minimum Gasteiger partial charge on any atom is -0.372 e. The molecule has 0 unspecified atom stereocenters. The Labute approximate surface area is 97.2 Å². The van der Waals surface area contributed by atoms with Crippen molar-refractivity contribution in [2.75, 3.05) is 25.0 Å². The van der Waals surface area contributed by atoms with E-state index in [0.29, 0.717) is 0 Å². The smallest absolute Gasteiger partial charge is 0.0540 e. The van der Waals surface area contributed by atoms with Crippen molar-refractivity contribution in [1.29, 1.82) is 0 Å². The van der Waals surface area contributed by atoms with E-state index in [4.69, 9.17) is 0 Å². The second kappa shape index (κ2) is 5.54. The third-order valence-corrected chi connectivity index (χ3v) is 2.96. The summed E-state index contributed by atoms with van der Waals surface area (Å²) in [5.41, 5.74) is 5.22. The number of rotatable bonds is 3. The normalized spacial score (nSPS) is 16.7. The molecule has 0 spiro atoms. The molecule has 1 aliphatic rings. The van der Waals surface area contributed by atoms with Gasteiger partial charge >= 0.3 is 0 Å². The fourth-order valence-corrected chi connectivity index (χ4v) is 2.06. The van der Waals surface area contributed by atoms with Crippen molar-refractivity contribution >= 4 is 11.9 Å². The summed E-state index contributed by atoms with van der Waals surface area (Å²) >= 11 is 0. The first-order chi connectivity index (χ1) is 7.90. The van der Waals surface area contributed by atoms with E-state index in [2.05, 4.69) is 39.7 Å². The van der Waals surface area contributed by atoms with Crippen molar-refractivity contribution in [3.8, 4) is 0 Å². The predicted octanol–water partition coefficient (Wildman–Crippen LogP) is 2.23. The number of hydrogen-bond acceptors (Lipinski definition) is 3. The summed E-state index contributed by atoms with van der Waals surface area (Å²) in [6.45, 7) is 2.40. The molecule has 1 saturated heterocycles. The Kier molecular flexibility index (Phi) is 3.81. The van der Waals surface area contributed by atoms with Gasteiger partial charge in [0.25, 0.3) is 0 Å². The van der Waals surface area contributed by atoms with Gasteiger partial charge in [-0.3, -0.25) is 0 Å². The van der Waals surface area contributed by atoms with Gasteiger partial charge in [0.05, 0.1) is 6.21 Å². The Morgan fingerprint density at radius 1 is 1.12 bits per heavy atom. The fraction of sp³-hybridized carbons (Fsp3) is 0.462. The van der Waals surface area contributed by atoms with Gasteiger partial charge in [-0.25, -0.2) is 0 Å². The maximum absolute atomic E-state index is 4.00. The van der Waals surface area contributed by atoms with Crippen molar-refractivity contribution in [2.24, 2.45) is 5.10 Å². The van der Waals surface area contributed by atoms with Crippen LogP contribution in [-0.4, -0.2) is 26.4 Å². The van der Waals surface area contributed by atoms with Crippen LogP contribution in [0.3, 0.4) is 0 Å². The van der Waals surface area contributed by atoms with Gasteiger partial charge in [-0.05, 0) is 37.0 Å². The van der Waals surface area contributed by atoms with Crippen LogP contribution in [0.1, 0.15) is 24.8 Å². The summed E-state index contributed by atoms with van der Waals surface area (Å²) in [5.74, 6) is 0. The molecule has 86 valence electrons. The maximum atomic E-state index is 4.00. The summed E-state index contributed by atoms with van der Waals surface area (Å²) in [4.78, 5) is 2.46. The molecule has 1 aromatic carbocycles. The molecule has 16 heavy (non-hydrogen) atoms. The molecule has 1 fully saturated rings. The largest absolute Gasteiger partial charge is 0.372 e. The first-order valence-corrected chi connectivity index (χ1v) is 5.95. The highest BCUT2D eigenvalue weighted by atomic mass is 15.3. The topological polar surface area (TPSA) is 27.6 Å². The van der Waals surface area contributed by atoms with E-state index >= 15 is 0 Å². The molecule has 3 nitrogen and oxygen atoms in total. The molecular weight excluding hydrogens is 198 g/mol. The van der Waals surface area contributed by atoms with Crippen LogP contribution in [0.5, 0.6) is 0 Å². The number of nitrogens with zero attached hydrogens (tertiary/aromatic N) is 2. The average molecular weight is 217 g/mol. The van der Waals surface area contributed by atoms with Gasteiger partial charge in [0.15, 0.2) is 0 Å². The number of piperidine rings is 1. The third-order valence-electron chi connectivity index (χ3n) is 2.96. The molecule has 0 amide bonds. The van der Waals surface area contributed by atoms with E-state index in [1.807, 2.05) is 6.21 Å². The second-order valence-corrected chi connectivity index (χ2v) is 4.12. The lowest BCUT2D eigenvalue weighted by atomic mass is 10.1. The van der Waals surface area contributed by atoms with Gasteiger partial charge in [-0.1, -0.05) is 12.1 Å². The van der Waals surface area contributed by atoms with Crippen LogP contribution in [0.2, 0.25) is 0 Å². The molecule has 1 aliphatic heterocycles. The van der Waals surface area contributed by atoms with Crippen LogP contribution in [0, 0.1) is 0 Å². The fourth-order valence-electron chi connectivity index (χ4n) is 2.06. The van der Waals surface area contributed by atoms with Gasteiger partial charge in [-0.2, -0.15) is 5.10 Å². The van der Waals surface area contributed by atoms with E-state index in [9.17, 15) is 0 Å².